The second-order valence-corrected chi connectivity index (χ2v) is 8.33. The molecule has 3 aromatic rings. The average Bonchev–Trinajstić information content (AvgIpc) is 2.64. The first-order chi connectivity index (χ1) is 12.3. The molecule has 0 amide bonds. The summed E-state index contributed by atoms with van der Waals surface area (Å²) in [5.41, 5.74) is 0. The number of hydrogen-bond acceptors (Lipinski definition) is 4. The maximum absolute atomic E-state index is 6.30. The summed E-state index contributed by atoms with van der Waals surface area (Å²) in [6, 6.07) is 29.4. The quantitative estimate of drug-likeness (QED) is 0.443. The second kappa shape index (κ2) is 8.64. The van der Waals surface area contributed by atoms with Crippen LogP contribution in [-0.2, 0) is 0 Å². The third kappa shape index (κ3) is 5.05. The molecule has 3 aromatic carbocycles. The summed E-state index contributed by atoms with van der Waals surface area (Å²) in [6.45, 7) is 0. The highest BCUT2D eigenvalue weighted by Gasteiger charge is 2.48. The van der Waals surface area contributed by atoms with E-state index in [1.807, 2.05) is 91.0 Å². The molecule has 3 nitrogen and oxygen atoms in total. The van der Waals surface area contributed by atoms with Crippen molar-refractivity contribution in [2.45, 2.75) is 6.04 Å². The molecule has 0 radical (unpaired) electrons. The van der Waals surface area contributed by atoms with E-state index in [2.05, 4.69) is 12.6 Å². The largest absolute Gasteiger partial charge is 0.700 e. The Bertz CT molecular complexity index is 652. The van der Waals surface area contributed by atoms with Gasteiger partial charge in [-0.3, -0.25) is 0 Å². The van der Waals surface area contributed by atoms with Gasteiger partial charge in [0.2, 0.25) is 0 Å². The second-order valence-electron chi connectivity index (χ2n) is 5.40. The lowest BCUT2D eigenvalue weighted by Crippen LogP contribution is -2.55. The Morgan fingerprint density at radius 3 is 1.16 bits per heavy atom. The van der Waals surface area contributed by atoms with Crippen LogP contribution < -0.4 is 13.3 Å². The molecule has 25 heavy (non-hydrogen) atoms. The van der Waals surface area contributed by atoms with Crippen molar-refractivity contribution in [2.75, 3.05) is 5.75 Å². The summed E-state index contributed by atoms with van der Waals surface area (Å²) < 4.78 is 18.9. The monoisotopic (exact) mass is 368 g/mol. The molecule has 0 aromatic heterocycles. The highest BCUT2D eigenvalue weighted by atomic mass is 32.1. The van der Waals surface area contributed by atoms with E-state index in [1.54, 1.807) is 0 Å². The number of hydrogen-bond donors (Lipinski definition) is 1. The fourth-order valence-corrected chi connectivity index (χ4v) is 5.37. The molecule has 0 bridgehead atoms. The predicted octanol–water partition coefficient (Wildman–Crippen LogP) is 5.09. The molecule has 0 N–H and O–H groups in total. The van der Waals surface area contributed by atoms with Crippen molar-refractivity contribution in [1.29, 1.82) is 0 Å². The molecule has 128 valence electrons. The first kappa shape index (κ1) is 17.4. The minimum Gasteiger partial charge on any atom is -0.483 e. The molecule has 0 aliphatic heterocycles. The van der Waals surface area contributed by atoms with Crippen LogP contribution in [0.1, 0.15) is 0 Å². The van der Waals surface area contributed by atoms with Crippen LogP contribution in [0.25, 0.3) is 0 Å². The van der Waals surface area contributed by atoms with E-state index in [-0.39, 0.29) is 0 Å². The SMILES string of the molecule is SCC[Si](Oc1ccccc1)(Oc1ccccc1)Oc1ccccc1. The molecule has 3 rings (SSSR count). The average molecular weight is 369 g/mol. The van der Waals surface area contributed by atoms with E-state index in [0.717, 1.165) is 17.2 Å². The summed E-state index contributed by atoms with van der Waals surface area (Å²) >= 11 is 4.41. The van der Waals surface area contributed by atoms with Crippen molar-refractivity contribution in [3.63, 3.8) is 0 Å². The normalized spacial score (nSPS) is 10.9. The third-order valence-electron chi connectivity index (χ3n) is 3.47. The lowest BCUT2D eigenvalue weighted by Gasteiger charge is -2.30. The van der Waals surface area contributed by atoms with Crippen LogP contribution in [0.15, 0.2) is 91.0 Å². The Labute approximate surface area is 155 Å². The van der Waals surface area contributed by atoms with Crippen molar-refractivity contribution in [3.8, 4) is 17.2 Å². The van der Waals surface area contributed by atoms with Gasteiger partial charge in [-0.1, -0.05) is 54.6 Å². The van der Waals surface area contributed by atoms with Gasteiger partial charge < -0.3 is 13.3 Å². The third-order valence-corrected chi connectivity index (χ3v) is 6.61. The molecule has 0 heterocycles. The van der Waals surface area contributed by atoms with Gasteiger partial charge in [0.15, 0.2) is 0 Å². The van der Waals surface area contributed by atoms with E-state index in [0.29, 0.717) is 11.8 Å². The van der Waals surface area contributed by atoms with Gasteiger partial charge >= 0.3 is 8.80 Å². The standard InChI is InChI=1S/C20H20O3SSi/c24-16-17-25(21-18-10-4-1-5-11-18,22-19-12-6-2-7-13-19)23-20-14-8-3-9-15-20/h1-15,24H,16-17H2. The minimum atomic E-state index is -3.09. The van der Waals surface area contributed by atoms with Crippen molar-refractivity contribution in [3.05, 3.63) is 91.0 Å². The molecule has 0 fully saturated rings. The van der Waals surface area contributed by atoms with Crippen LogP contribution in [0.5, 0.6) is 17.2 Å². The van der Waals surface area contributed by atoms with E-state index < -0.39 is 8.80 Å². The Balaban J connectivity index is 1.94. The Morgan fingerprint density at radius 1 is 0.560 bits per heavy atom. The molecule has 0 atom stereocenters. The van der Waals surface area contributed by atoms with Crippen molar-refractivity contribution in [1.82, 2.24) is 0 Å². The summed E-state index contributed by atoms with van der Waals surface area (Å²) in [5.74, 6) is 2.77. The van der Waals surface area contributed by atoms with Crippen molar-refractivity contribution >= 4 is 21.4 Å². The summed E-state index contributed by atoms with van der Waals surface area (Å²) in [7, 11) is -3.09. The van der Waals surface area contributed by atoms with Crippen molar-refractivity contribution < 1.29 is 13.3 Å². The van der Waals surface area contributed by atoms with E-state index in [4.69, 9.17) is 13.3 Å². The fraction of sp³-hybridized carbons (Fsp3) is 0.100. The summed E-state index contributed by atoms with van der Waals surface area (Å²) in [5, 5.41) is 0. The Kier molecular flexibility index (Phi) is 6.03. The van der Waals surface area contributed by atoms with E-state index >= 15 is 0 Å². The van der Waals surface area contributed by atoms with E-state index in [1.165, 1.54) is 0 Å². The predicted molar refractivity (Wildman–Crippen MR) is 106 cm³/mol. The molecule has 0 saturated heterocycles. The molecular formula is C20H20O3SSi. The van der Waals surface area contributed by atoms with Crippen molar-refractivity contribution in [2.24, 2.45) is 0 Å². The van der Waals surface area contributed by atoms with E-state index in [9.17, 15) is 0 Å². The Hall–Kier alpha value is -2.37. The highest BCUT2D eigenvalue weighted by Crippen LogP contribution is 2.26. The molecule has 0 saturated carbocycles. The summed E-state index contributed by atoms with van der Waals surface area (Å²) in [4.78, 5) is 0. The maximum atomic E-state index is 6.30. The van der Waals surface area contributed by atoms with Crippen LogP contribution in [-0.4, -0.2) is 14.6 Å². The van der Waals surface area contributed by atoms with Crippen LogP contribution in [0.2, 0.25) is 6.04 Å². The van der Waals surface area contributed by atoms with Gasteiger partial charge in [0.05, 0.1) is 6.04 Å². The lowest BCUT2D eigenvalue weighted by atomic mass is 10.3. The molecule has 0 unspecified atom stereocenters. The molecule has 0 spiro atoms. The number of rotatable bonds is 8. The zero-order valence-electron chi connectivity index (χ0n) is 13.7. The smallest absolute Gasteiger partial charge is 0.483 e. The van der Waals surface area contributed by atoms with Gasteiger partial charge in [-0.15, -0.1) is 0 Å². The van der Waals surface area contributed by atoms with Gasteiger partial charge in [-0.2, -0.15) is 12.6 Å². The zero-order chi connectivity index (χ0) is 17.4. The molecule has 5 heteroatoms. The van der Waals surface area contributed by atoms with Gasteiger partial charge in [0.25, 0.3) is 0 Å². The lowest BCUT2D eigenvalue weighted by molar-refractivity contribution is 0.263. The highest BCUT2D eigenvalue weighted by molar-refractivity contribution is 7.80. The minimum absolute atomic E-state index is 0.578. The zero-order valence-corrected chi connectivity index (χ0v) is 15.6. The van der Waals surface area contributed by atoms with Gasteiger partial charge in [-0.05, 0) is 42.2 Å². The topological polar surface area (TPSA) is 27.7 Å². The molecule has 0 aliphatic rings. The van der Waals surface area contributed by atoms with Crippen LogP contribution in [0, 0.1) is 0 Å². The summed E-state index contributed by atoms with van der Waals surface area (Å²) in [6.07, 6.45) is 0. The molecular weight excluding hydrogens is 348 g/mol. The first-order valence-corrected chi connectivity index (χ1v) is 10.7. The van der Waals surface area contributed by atoms with Crippen LogP contribution >= 0.6 is 12.6 Å². The number of benzene rings is 3. The number of thiol groups is 1. The number of para-hydroxylation sites is 3. The van der Waals surface area contributed by atoms with Gasteiger partial charge in [-0.25, -0.2) is 0 Å². The van der Waals surface area contributed by atoms with Gasteiger partial charge in [0.1, 0.15) is 17.2 Å². The molecule has 0 aliphatic carbocycles. The fourth-order valence-electron chi connectivity index (χ4n) is 2.36. The first-order valence-electron chi connectivity index (χ1n) is 8.13. The van der Waals surface area contributed by atoms with Crippen LogP contribution in [0.3, 0.4) is 0 Å². The van der Waals surface area contributed by atoms with Crippen LogP contribution in [0.4, 0.5) is 0 Å². The maximum Gasteiger partial charge on any atom is 0.700 e. The Morgan fingerprint density at radius 2 is 0.880 bits per heavy atom. The van der Waals surface area contributed by atoms with Gasteiger partial charge in [0, 0.05) is 0 Å².